The highest BCUT2D eigenvalue weighted by Crippen LogP contribution is 2.40. The molecule has 132 valence electrons. The summed E-state index contributed by atoms with van der Waals surface area (Å²) in [6.45, 7) is 2.42. The Hall–Kier alpha value is -3.16. The molecular formula is C17H17NO7. The van der Waals surface area contributed by atoms with Crippen molar-refractivity contribution in [2.75, 3.05) is 20.3 Å². The fraction of sp³-hybridized carbons (Fsp3) is 0.294. The van der Waals surface area contributed by atoms with Gasteiger partial charge in [0, 0.05) is 5.56 Å². The van der Waals surface area contributed by atoms with E-state index in [2.05, 4.69) is 5.32 Å². The third-order valence-corrected chi connectivity index (χ3v) is 3.71. The van der Waals surface area contributed by atoms with Gasteiger partial charge in [0.1, 0.15) is 30.3 Å². The van der Waals surface area contributed by atoms with Crippen molar-refractivity contribution in [3.63, 3.8) is 0 Å². The van der Waals surface area contributed by atoms with Crippen LogP contribution in [0.25, 0.3) is 0 Å². The van der Waals surface area contributed by atoms with Crippen LogP contribution in [0.15, 0.2) is 22.6 Å². The highest BCUT2D eigenvalue weighted by molar-refractivity contribution is 5.95. The van der Waals surface area contributed by atoms with Gasteiger partial charge in [-0.05, 0) is 25.1 Å². The number of benzene rings is 1. The highest BCUT2D eigenvalue weighted by atomic mass is 16.6. The fourth-order valence-corrected chi connectivity index (χ4v) is 2.52. The SMILES string of the molecule is COc1cc(C(=O)NCc2cc(C(=O)O)c(C)o2)cc2c1OCCO2. The van der Waals surface area contributed by atoms with Crippen molar-refractivity contribution >= 4 is 11.9 Å². The molecule has 0 atom stereocenters. The van der Waals surface area contributed by atoms with Crippen LogP contribution in [0.2, 0.25) is 0 Å². The van der Waals surface area contributed by atoms with E-state index in [1.54, 1.807) is 19.1 Å². The monoisotopic (exact) mass is 347 g/mol. The molecular weight excluding hydrogens is 330 g/mol. The summed E-state index contributed by atoms with van der Waals surface area (Å²) in [5.74, 6) is 0.516. The molecule has 2 N–H and O–H groups in total. The zero-order valence-electron chi connectivity index (χ0n) is 13.8. The van der Waals surface area contributed by atoms with Crippen LogP contribution >= 0.6 is 0 Å². The summed E-state index contributed by atoms with van der Waals surface area (Å²) in [5, 5.41) is 11.7. The van der Waals surface area contributed by atoms with Crippen LogP contribution in [-0.4, -0.2) is 37.3 Å². The zero-order chi connectivity index (χ0) is 18.0. The predicted octanol–water partition coefficient (Wildman–Crippen LogP) is 2.00. The van der Waals surface area contributed by atoms with Gasteiger partial charge in [-0.2, -0.15) is 0 Å². The fourth-order valence-electron chi connectivity index (χ4n) is 2.52. The van der Waals surface area contributed by atoms with E-state index in [4.69, 9.17) is 23.7 Å². The largest absolute Gasteiger partial charge is 0.493 e. The molecule has 2 heterocycles. The molecule has 0 spiro atoms. The van der Waals surface area contributed by atoms with Crippen LogP contribution in [0, 0.1) is 6.92 Å². The standard InChI is InChI=1S/C17H17NO7/c1-9-12(17(20)21)7-11(25-9)8-18-16(19)10-5-13(22-2)15-14(6-10)23-3-4-24-15/h5-7H,3-4,8H2,1-2H3,(H,18,19)(H,20,21). The quantitative estimate of drug-likeness (QED) is 0.852. The number of hydrogen-bond donors (Lipinski definition) is 2. The van der Waals surface area contributed by atoms with E-state index >= 15 is 0 Å². The summed E-state index contributed by atoms with van der Waals surface area (Å²) in [7, 11) is 1.48. The Balaban J connectivity index is 1.75. The summed E-state index contributed by atoms with van der Waals surface area (Å²) in [5.41, 5.74) is 0.410. The number of carbonyl (C=O) groups is 2. The average molecular weight is 347 g/mol. The summed E-state index contributed by atoms with van der Waals surface area (Å²) in [4.78, 5) is 23.4. The number of hydrogen-bond acceptors (Lipinski definition) is 6. The number of aryl methyl sites for hydroxylation is 1. The lowest BCUT2D eigenvalue weighted by atomic mass is 10.1. The van der Waals surface area contributed by atoms with Crippen molar-refractivity contribution in [2.24, 2.45) is 0 Å². The van der Waals surface area contributed by atoms with E-state index in [1.807, 2.05) is 0 Å². The van der Waals surface area contributed by atoms with E-state index in [1.165, 1.54) is 13.2 Å². The molecule has 25 heavy (non-hydrogen) atoms. The van der Waals surface area contributed by atoms with Gasteiger partial charge in [0.25, 0.3) is 5.91 Å². The van der Waals surface area contributed by atoms with Crippen molar-refractivity contribution in [1.29, 1.82) is 0 Å². The van der Waals surface area contributed by atoms with Gasteiger partial charge >= 0.3 is 5.97 Å². The number of carboxylic acid groups (broad SMARTS) is 1. The first-order valence-corrected chi connectivity index (χ1v) is 7.58. The van der Waals surface area contributed by atoms with Gasteiger partial charge in [-0.3, -0.25) is 4.79 Å². The molecule has 0 fully saturated rings. The predicted molar refractivity (Wildman–Crippen MR) is 85.6 cm³/mol. The molecule has 1 aliphatic heterocycles. The Morgan fingerprint density at radius 2 is 2.00 bits per heavy atom. The van der Waals surface area contributed by atoms with Crippen molar-refractivity contribution in [3.05, 3.63) is 40.8 Å². The van der Waals surface area contributed by atoms with Crippen LogP contribution < -0.4 is 19.5 Å². The Morgan fingerprint density at radius 3 is 2.68 bits per heavy atom. The van der Waals surface area contributed by atoms with Gasteiger partial charge in [0.2, 0.25) is 5.75 Å². The van der Waals surface area contributed by atoms with Gasteiger partial charge in [-0.25, -0.2) is 4.79 Å². The summed E-state index contributed by atoms with van der Waals surface area (Å²) < 4.78 is 21.6. The minimum absolute atomic E-state index is 0.0592. The van der Waals surface area contributed by atoms with Gasteiger partial charge < -0.3 is 29.1 Å². The molecule has 1 aromatic heterocycles. The van der Waals surface area contributed by atoms with Gasteiger partial charge in [-0.15, -0.1) is 0 Å². The average Bonchev–Trinajstić information content (AvgIpc) is 2.99. The lowest BCUT2D eigenvalue weighted by Crippen LogP contribution is -2.23. The molecule has 3 rings (SSSR count). The second kappa shape index (κ2) is 6.76. The van der Waals surface area contributed by atoms with Crippen molar-refractivity contribution < 1.29 is 33.3 Å². The Bertz CT molecular complexity index is 807. The molecule has 0 saturated heterocycles. The number of methoxy groups -OCH3 is 1. The van der Waals surface area contributed by atoms with E-state index in [-0.39, 0.29) is 23.8 Å². The molecule has 8 nitrogen and oxygen atoms in total. The van der Waals surface area contributed by atoms with Gasteiger partial charge in [-0.1, -0.05) is 0 Å². The number of carbonyl (C=O) groups excluding carboxylic acids is 1. The molecule has 8 heteroatoms. The van der Waals surface area contributed by atoms with Crippen LogP contribution in [0.1, 0.15) is 32.2 Å². The minimum atomic E-state index is -1.07. The van der Waals surface area contributed by atoms with Crippen LogP contribution in [0.3, 0.4) is 0 Å². The van der Waals surface area contributed by atoms with E-state index in [9.17, 15) is 9.59 Å². The third-order valence-electron chi connectivity index (χ3n) is 3.71. The molecule has 0 radical (unpaired) electrons. The first-order valence-electron chi connectivity index (χ1n) is 7.58. The van der Waals surface area contributed by atoms with Gasteiger partial charge in [0.05, 0.1) is 13.7 Å². The topological polar surface area (TPSA) is 107 Å². The maximum Gasteiger partial charge on any atom is 0.339 e. The van der Waals surface area contributed by atoms with Gasteiger partial charge in [0.15, 0.2) is 11.5 Å². The molecule has 0 saturated carbocycles. The first kappa shape index (κ1) is 16.7. The number of carboxylic acids is 1. The maximum atomic E-state index is 12.4. The summed E-state index contributed by atoms with van der Waals surface area (Å²) in [6, 6.07) is 4.52. The Morgan fingerprint density at radius 1 is 1.24 bits per heavy atom. The number of furan rings is 1. The van der Waals surface area contributed by atoms with Crippen LogP contribution in [-0.2, 0) is 6.54 Å². The number of amides is 1. The lowest BCUT2D eigenvalue weighted by molar-refractivity contribution is 0.0694. The molecule has 0 aliphatic carbocycles. The molecule has 1 amide bonds. The van der Waals surface area contributed by atoms with Crippen molar-refractivity contribution in [1.82, 2.24) is 5.32 Å². The summed E-state index contributed by atoms with van der Waals surface area (Å²) >= 11 is 0. The van der Waals surface area contributed by atoms with E-state index in [0.717, 1.165) is 0 Å². The zero-order valence-corrected chi connectivity index (χ0v) is 13.8. The minimum Gasteiger partial charge on any atom is -0.493 e. The van der Waals surface area contributed by atoms with Crippen LogP contribution in [0.5, 0.6) is 17.2 Å². The number of nitrogens with one attached hydrogen (secondary N) is 1. The van der Waals surface area contributed by atoms with E-state index < -0.39 is 5.97 Å². The third kappa shape index (κ3) is 3.37. The summed E-state index contributed by atoms with van der Waals surface area (Å²) in [6.07, 6.45) is 0. The second-order valence-electron chi connectivity index (χ2n) is 5.37. The van der Waals surface area contributed by atoms with Crippen molar-refractivity contribution in [2.45, 2.75) is 13.5 Å². The van der Waals surface area contributed by atoms with Crippen LogP contribution in [0.4, 0.5) is 0 Å². The second-order valence-corrected chi connectivity index (χ2v) is 5.37. The Labute approximate surface area is 143 Å². The number of ether oxygens (including phenoxy) is 3. The van der Waals surface area contributed by atoms with Crippen molar-refractivity contribution in [3.8, 4) is 17.2 Å². The Kier molecular flexibility index (Phi) is 4.51. The number of aromatic carboxylic acids is 1. The number of rotatable bonds is 5. The first-order chi connectivity index (χ1) is 12.0. The number of fused-ring (bicyclic) bond motifs is 1. The lowest BCUT2D eigenvalue weighted by Gasteiger charge is -2.21. The molecule has 1 aromatic carbocycles. The van der Waals surface area contributed by atoms with E-state index in [0.29, 0.717) is 41.8 Å². The molecule has 0 unspecified atom stereocenters. The smallest absolute Gasteiger partial charge is 0.339 e. The molecule has 1 aliphatic rings. The molecule has 0 bridgehead atoms. The normalized spacial score (nSPS) is 12.6. The maximum absolute atomic E-state index is 12.4. The highest BCUT2D eigenvalue weighted by Gasteiger charge is 2.21. The molecule has 2 aromatic rings.